The minimum atomic E-state index is -0.537. The summed E-state index contributed by atoms with van der Waals surface area (Å²) >= 11 is 0. The standard InChI is InChI=1S/C54H33N/c1-2-17-35(18-3-1)55-50-31-30-34-16-4-5-19-36(34)52(50)41-32-48-49(33-51(41)55)54(44-26-12-8-22-39(44)40-23-9-13-27-45(40)54)47-29-15-14-28-46(47)53(48)42-24-10-6-20-37(42)38-21-7-11-25-43(38)53/h1-33H. The summed E-state index contributed by atoms with van der Waals surface area (Å²) in [5.41, 5.74) is 18.7. The number of hydrogen-bond acceptors (Lipinski definition) is 0. The maximum absolute atomic E-state index is 2.62. The van der Waals surface area contributed by atoms with E-state index in [0.717, 1.165) is 0 Å². The monoisotopic (exact) mass is 695 g/mol. The predicted molar refractivity (Wildman–Crippen MR) is 226 cm³/mol. The molecule has 0 saturated carbocycles. The van der Waals surface area contributed by atoms with Crippen molar-refractivity contribution in [1.29, 1.82) is 0 Å². The Morgan fingerprint density at radius 3 is 1.27 bits per heavy atom. The molecular weight excluding hydrogens is 663 g/mol. The van der Waals surface area contributed by atoms with Crippen molar-refractivity contribution in [1.82, 2.24) is 4.57 Å². The minimum Gasteiger partial charge on any atom is -0.309 e. The largest absolute Gasteiger partial charge is 0.309 e. The molecule has 0 radical (unpaired) electrons. The second kappa shape index (κ2) is 10.4. The zero-order chi connectivity index (χ0) is 35.9. The van der Waals surface area contributed by atoms with E-state index in [4.69, 9.17) is 0 Å². The van der Waals surface area contributed by atoms with E-state index in [-0.39, 0.29) is 0 Å². The van der Waals surface area contributed by atoms with Gasteiger partial charge >= 0.3 is 0 Å². The van der Waals surface area contributed by atoms with Gasteiger partial charge in [-0.3, -0.25) is 0 Å². The van der Waals surface area contributed by atoms with Crippen molar-refractivity contribution in [3.8, 4) is 27.9 Å². The van der Waals surface area contributed by atoms with Crippen LogP contribution in [0.25, 0.3) is 60.5 Å². The Kier molecular flexibility index (Phi) is 5.56. The van der Waals surface area contributed by atoms with Gasteiger partial charge in [-0.15, -0.1) is 0 Å². The molecule has 0 bridgehead atoms. The van der Waals surface area contributed by atoms with Gasteiger partial charge in [-0.05, 0) is 108 Å². The molecule has 0 saturated heterocycles. The Bertz CT molecular complexity index is 3180. The molecule has 1 nitrogen and oxygen atoms in total. The highest BCUT2D eigenvalue weighted by molar-refractivity contribution is 6.22. The molecule has 55 heavy (non-hydrogen) atoms. The van der Waals surface area contributed by atoms with Gasteiger partial charge in [0.05, 0.1) is 21.9 Å². The summed E-state index contributed by atoms with van der Waals surface area (Å²) in [6.07, 6.45) is 0. The van der Waals surface area contributed by atoms with Crippen molar-refractivity contribution in [3.63, 3.8) is 0 Å². The van der Waals surface area contributed by atoms with Crippen LogP contribution in [-0.4, -0.2) is 4.57 Å². The number of hydrogen-bond donors (Lipinski definition) is 0. The van der Waals surface area contributed by atoms with Crippen LogP contribution in [0.15, 0.2) is 200 Å². The Labute approximate surface area is 319 Å². The normalized spacial score (nSPS) is 14.8. The zero-order valence-corrected chi connectivity index (χ0v) is 30.0. The van der Waals surface area contributed by atoms with Gasteiger partial charge in [0.1, 0.15) is 0 Å². The van der Waals surface area contributed by atoms with E-state index in [1.54, 1.807) is 0 Å². The highest BCUT2D eigenvalue weighted by Gasteiger charge is 2.59. The van der Waals surface area contributed by atoms with Crippen LogP contribution >= 0.6 is 0 Å². The first kappa shape index (κ1) is 29.5. The molecule has 1 heterocycles. The van der Waals surface area contributed by atoms with E-state index >= 15 is 0 Å². The molecule has 1 heteroatoms. The molecular formula is C54H33N. The molecule has 3 aliphatic carbocycles. The Morgan fingerprint density at radius 2 is 0.727 bits per heavy atom. The lowest BCUT2D eigenvalue weighted by Gasteiger charge is -2.49. The number of benzene rings is 9. The molecule has 9 aromatic carbocycles. The summed E-state index contributed by atoms with van der Waals surface area (Å²) in [7, 11) is 0. The number of fused-ring (bicyclic) bond motifs is 21. The van der Waals surface area contributed by atoms with Gasteiger partial charge in [0, 0.05) is 16.5 Å². The third-order valence-corrected chi connectivity index (χ3v) is 13.3. The van der Waals surface area contributed by atoms with Crippen LogP contribution < -0.4 is 0 Å². The molecule has 0 amide bonds. The molecule has 0 fully saturated rings. The fourth-order valence-corrected chi connectivity index (χ4v) is 11.4. The third-order valence-electron chi connectivity index (χ3n) is 13.3. The van der Waals surface area contributed by atoms with Gasteiger partial charge in [0.15, 0.2) is 0 Å². The average molecular weight is 696 g/mol. The van der Waals surface area contributed by atoms with Crippen molar-refractivity contribution < 1.29 is 0 Å². The van der Waals surface area contributed by atoms with Crippen LogP contribution in [-0.2, 0) is 10.8 Å². The topological polar surface area (TPSA) is 4.93 Å². The van der Waals surface area contributed by atoms with Gasteiger partial charge in [0.25, 0.3) is 0 Å². The van der Waals surface area contributed by atoms with E-state index in [2.05, 4.69) is 205 Å². The van der Waals surface area contributed by atoms with Gasteiger partial charge in [-0.25, -0.2) is 0 Å². The van der Waals surface area contributed by atoms with Crippen molar-refractivity contribution in [3.05, 3.63) is 245 Å². The van der Waals surface area contributed by atoms with E-state index in [0.29, 0.717) is 0 Å². The van der Waals surface area contributed by atoms with Crippen LogP contribution in [0.4, 0.5) is 0 Å². The summed E-state index contributed by atoms with van der Waals surface area (Å²) in [6.45, 7) is 0. The Morgan fingerprint density at radius 1 is 0.291 bits per heavy atom. The fourth-order valence-electron chi connectivity index (χ4n) is 11.4. The summed E-state index contributed by atoms with van der Waals surface area (Å²) in [6, 6.07) is 75.8. The first-order valence-electron chi connectivity index (χ1n) is 19.4. The number of nitrogens with zero attached hydrogens (tertiary/aromatic N) is 1. The molecule has 0 aliphatic heterocycles. The van der Waals surface area contributed by atoms with E-state index in [9.17, 15) is 0 Å². The van der Waals surface area contributed by atoms with Crippen molar-refractivity contribution >= 4 is 32.6 Å². The highest BCUT2D eigenvalue weighted by Crippen LogP contribution is 2.68. The molecule has 10 aromatic rings. The lowest BCUT2D eigenvalue weighted by molar-refractivity contribution is 0.634. The molecule has 13 rings (SSSR count). The SMILES string of the molecule is c1ccc(-n2c3cc4c(cc3c3c5ccccc5ccc32)C2(c3ccccc3-c3ccccc32)c2ccccc2C42c3ccccc3-c3ccccc32)cc1. The second-order valence-electron chi connectivity index (χ2n) is 15.5. The van der Waals surface area contributed by atoms with Crippen molar-refractivity contribution in [2.45, 2.75) is 10.8 Å². The molecule has 1 aromatic heterocycles. The van der Waals surface area contributed by atoms with Crippen LogP contribution in [0.1, 0.15) is 44.5 Å². The van der Waals surface area contributed by atoms with Crippen molar-refractivity contribution in [2.24, 2.45) is 0 Å². The zero-order valence-electron chi connectivity index (χ0n) is 30.0. The lowest BCUT2D eigenvalue weighted by atomic mass is 9.52. The minimum absolute atomic E-state index is 0.531. The van der Waals surface area contributed by atoms with Crippen LogP contribution in [0.2, 0.25) is 0 Å². The lowest BCUT2D eigenvalue weighted by Crippen LogP contribution is -2.43. The first-order valence-corrected chi connectivity index (χ1v) is 19.4. The Hall–Kier alpha value is -6.96. The van der Waals surface area contributed by atoms with Crippen LogP contribution in [0.3, 0.4) is 0 Å². The number of rotatable bonds is 1. The third kappa shape index (κ3) is 3.38. The maximum atomic E-state index is 2.62. The maximum Gasteiger partial charge on any atom is 0.0720 e. The fraction of sp³-hybridized carbons (Fsp3) is 0.0370. The van der Waals surface area contributed by atoms with Gasteiger partial charge in [-0.2, -0.15) is 0 Å². The van der Waals surface area contributed by atoms with Crippen molar-refractivity contribution in [2.75, 3.05) is 0 Å². The molecule has 0 N–H and O–H groups in total. The molecule has 0 unspecified atom stereocenters. The van der Waals surface area contributed by atoms with Gasteiger partial charge < -0.3 is 4.57 Å². The number of aromatic nitrogens is 1. The van der Waals surface area contributed by atoms with Crippen LogP contribution in [0.5, 0.6) is 0 Å². The Balaban J connectivity index is 1.32. The summed E-state index contributed by atoms with van der Waals surface area (Å²) < 4.78 is 2.52. The van der Waals surface area contributed by atoms with Crippen LogP contribution in [0, 0.1) is 0 Å². The molecule has 2 spiro atoms. The molecule has 254 valence electrons. The smallest absolute Gasteiger partial charge is 0.0720 e. The highest BCUT2D eigenvalue weighted by atomic mass is 15.0. The first-order chi connectivity index (χ1) is 27.3. The van der Waals surface area contributed by atoms with E-state index in [1.807, 2.05) is 0 Å². The van der Waals surface area contributed by atoms with E-state index in [1.165, 1.54) is 105 Å². The van der Waals surface area contributed by atoms with Gasteiger partial charge in [0.2, 0.25) is 0 Å². The average Bonchev–Trinajstić information content (AvgIpc) is 3.86. The van der Waals surface area contributed by atoms with Gasteiger partial charge in [-0.1, -0.05) is 170 Å². The van der Waals surface area contributed by atoms with E-state index < -0.39 is 10.8 Å². The quantitative estimate of drug-likeness (QED) is 0.161. The summed E-state index contributed by atoms with van der Waals surface area (Å²) in [5, 5.41) is 5.12. The number of para-hydroxylation sites is 1. The summed E-state index contributed by atoms with van der Waals surface area (Å²) in [4.78, 5) is 0. The molecule has 3 aliphatic rings. The summed E-state index contributed by atoms with van der Waals surface area (Å²) in [5.74, 6) is 0. The molecule has 0 atom stereocenters. The predicted octanol–water partition coefficient (Wildman–Crippen LogP) is 13.0. The second-order valence-corrected chi connectivity index (χ2v) is 15.5.